The van der Waals surface area contributed by atoms with E-state index in [1.54, 1.807) is 30.3 Å². The van der Waals surface area contributed by atoms with Crippen LogP contribution in [0.25, 0.3) is 22.4 Å². The number of fused-ring (bicyclic) bond motifs is 1. The Morgan fingerprint density at radius 3 is 2.47 bits per heavy atom. The van der Waals surface area contributed by atoms with Gasteiger partial charge in [-0.15, -0.1) is 0 Å². The SMILES string of the molecule is NC(=O)Oc1ccc2nc(-c3ccc(S(=O)(=O)NCc4ccccc4)cc3)[nH]c2c1. The minimum atomic E-state index is -3.64. The molecule has 1 amide bonds. The van der Waals surface area contributed by atoms with E-state index < -0.39 is 16.1 Å². The van der Waals surface area contributed by atoms with Gasteiger partial charge in [-0.2, -0.15) is 0 Å². The van der Waals surface area contributed by atoms with Crippen molar-refractivity contribution >= 4 is 27.1 Å². The Morgan fingerprint density at radius 1 is 1.03 bits per heavy atom. The summed E-state index contributed by atoms with van der Waals surface area (Å²) in [5, 5.41) is 0. The Kier molecular flexibility index (Phi) is 5.21. The highest BCUT2D eigenvalue weighted by molar-refractivity contribution is 7.89. The number of aromatic amines is 1. The molecule has 0 bridgehead atoms. The monoisotopic (exact) mass is 422 g/mol. The number of rotatable bonds is 6. The molecular weight excluding hydrogens is 404 g/mol. The molecule has 0 spiro atoms. The molecular formula is C21H18N4O4S. The topological polar surface area (TPSA) is 127 Å². The molecule has 1 aromatic heterocycles. The van der Waals surface area contributed by atoms with E-state index in [0.717, 1.165) is 5.56 Å². The molecule has 0 unspecified atom stereocenters. The number of benzene rings is 3. The third kappa shape index (κ3) is 4.32. The van der Waals surface area contributed by atoms with Crippen LogP contribution in [-0.4, -0.2) is 24.5 Å². The zero-order valence-corrected chi connectivity index (χ0v) is 16.5. The first-order valence-electron chi connectivity index (χ1n) is 9.02. The van der Waals surface area contributed by atoms with E-state index in [2.05, 4.69) is 14.7 Å². The first-order chi connectivity index (χ1) is 14.4. The Bertz CT molecular complexity index is 1300. The predicted molar refractivity (Wildman–Crippen MR) is 112 cm³/mol. The van der Waals surface area contributed by atoms with Crippen LogP contribution in [0.1, 0.15) is 5.56 Å². The third-order valence-electron chi connectivity index (χ3n) is 4.42. The molecule has 4 aromatic rings. The van der Waals surface area contributed by atoms with Gasteiger partial charge in [-0.3, -0.25) is 0 Å². The number of nitrogens with two attached hydrogens (primary N) is 1. The van der Waals surface area contributed by atoms with E-state index in [1.807, 2.05) is 30.3 Å². The number of ether oxygens (including phenoxy) is 1. The van der Waals surface area contributed by atoms with E-state index in [4.69, 9.17) is 10.5 Å². The average Bonchev–Trinajstić information content (AvgIpc) is 3.16. The highest BCUT2D eigenvalue weighted by Gasteiger charge is 2.14. The van der Waals surface area contributed by atoms with Gasteiger partial charge in [0.2, 0.25) is 10.0 Å². The van der Waals surface area contributed by atoms with Gasteiger partial charge in [0.25, 0.3) is 0 Å². The molecule has 30 heavy (non-hydrogen) atoms. The van der Waals surface area contributed by atoms with Gasteiger partial charge < -0.3 is 15.5 Å². The molecule has 0 aliphatic rings. The minimum absolute atomic E-state index is 0.162. The highest BCUT2D eigenvalue weighted by atomic mass is 32.2. The Labute approximate surface area is 172 Å². The van der Waals surface area contributed by atoms with Crippen molar-refractivity contribution in [3.63, 3.8) is 0 Å². The van der Waals surface area contributed by atoms with Crippen LogP contribution in [0.5, 0.6) is 5.75 Å². The van der Waals surface area contributed by atoms with Crippen molar-refractivity contribution in [2.24, 2.45) is 5.73 Å². The van der Waals surface area contributed by atoms with Crippen LogP contribution in [0.3, 0.4) is 0 Å². The van der Waals surface area contributed by atoms with Crippen LogP contribution in [-0.2, 0) is 16.6 Å². The number of carbonyl (C=O) groups excluding carboxylic acids is 1. The molecule has 0 saturated heterocycles. The maximum absolute atomic E-state index is 12.5. The van der Waals surface area contributed by atoms with Gasteiger partial charge in [-0.1, -0.05) is 30.3 Å². The third-order valence-corrected chi connectivity index (χ3v) is 5.84. The number of H-pyrrole nitrogens is 1. The molecule has 152 valence electrons. The number of hydrogen-bond donors (Lipinski definition) is 3. The Morgan fingerprint density at radius 2 is 1.77 bits per heavy atom. The molecule has 0 aliphatic carbocycles. The zero-order valence-electron chi connectivity index (χ0n) is 15.7. The van der Waals surface area contributed by atoms with Crippen molar-refractivity contribution in [3.8, 4) is 17.1 Å². The van der Waals surface area contributed by atoms with Crippen molar-refractivity contribution in [1.82, 2.24) is 14.7 Å². The number of primary amides is 1. The summed E-state index contributed by atoms with van der Waals surface area (Å²) in [6.45, 7) is 0.213. The maximum Gasteiger partial charge on any atom is 0.409 e. The summed E-state index contributed by atoms with van der Waals surface area (Å²) < 4.78 is 32.5. The van der Waals surface area contributed by atoms with Gasteiger partial charge in [0.15, 0.2) is 0 Å². The van der Waals surface area contributed by atoms with Crippen molar-refractivity contribution in [1.29, 1.82) is 0 Å². The maximum atomic E-state index is 12.5. The Hall–Kier alpha value is -3.69. The van der Waals surface area contributed by atoms with Crippen LogP contribution >= 0.6 is 0 Å². The second-order valence-corrected chi connectivity index (χ2v) is 8.29. The fourth-order valence-electron chi connectivity index (χ4n) is 2.95. The fraction of sp³-hybridized carbons (Fsp3) is 0.0476. The van der Waals surface area contributed by atoms with Crippen LogP contribution in [0, 0.1) is 0 Å². The van der Waals surface area contributed by atoms with E-state index >= 15 is 0 Å². The number of aromatic nitrogens is 2. The summed E-state index contributed by atoms with van der Waals surface area (Å²) in [6.07, 6.45) is -0.897. The van der Waals surface area contributed by atoms with Gasteiger partial charge >= 0.3 is 6.09 Å². The molecule has 0 fully saturated rings. The largest absolute Gasteiger partial charge is 0.410 e. The predicted octanol–water partition coefficient (Wildman–Crippen LogP) is 3.17. The summed E-state index contributed by atoms with van der Waals surface area (Å²) in [5.74, 6) is 0.860. The number of nitrogens with one attached hydrogen (secondary N) is 2. The van der Waals surface area contributed by atoms with Crippen molar-refractivity contribution in [2.75, 3.05) is 0 Å². The quantitative estimate of drug-likeness (QED) is 0.440. The summed E-state index contributed by atoms with van der Waals surface area (Å²) in [7, 11) is -3.64. The van der Waals surface area contributed by atoms with Gasteiger partial charge in [0.05, 0.1) is 15.9 Å². The molecule has 3 aromatic carbocycles. The number of nitrogens with zero attached hydrogens (tertiary/aromatic N) is 1. The van der Waals surface area contributed by atoms with E-state index in [9.17, 15) is 13.2 Å². The number of carbonyl (C=O) groups is 1. The Balaban J connectivity index is 1.53. The van der Waals surface area contributed by atoms with Crippen molar-refractivity contribution in [2.45, 2.75) is 11.4 Å². The molecule has 0 atom stereocenters. The van der Waals surface area contributed by atoms with E-state index in [1.165, 1.54) is 12.1 Å². The lowest BCUT2D eigenvalue weighted by atomic mass is 10.2. The zero-order chi connectivity index (χ0) is 21.1. The van der Waals surface area contributed by atoms with Crippen LogP contribution < -0.4 is 15.2 Å². The van der Waals surface area contributed by atoms with Gasteiger partial charge in [0.1, 0.15) is 11.6 Å². The van der Waals surface area contributed by atoms with Crippen LogP contribution in [0.4, 0.5) is 4.79 Å². The fourth-order valence-corrected chi connectivity index (χ4v) is 3.97. The minimum Gasteiger partial charge on any atom is -0.410 e. The molecule has 0 aliphatic heterocycles. The molecule has 4 rings (SSSR count). The van der Waals surface area contributed by atoms with Crippen molar-refractivity contribution < 1.29 is 17.9 Å². The summed E-state index contributed by atoms with van der Waals surface area (Å²) in [5.41, 5.74) is 7.94. The summed E-state index contributed by atoms with van der Waals surface area (Å²) >= 11 is 0. The molecule has 0 radical (unpaired) electrons. The molecule has 0 saturated carbocycles. The molecule has 9 heteroatoms. The number of imidazole rings is 1. The smallest absolute Gasteiger partial charge is 0.409 e. The second kappa shape index (κ2) is 7.97. The van der Waals surface area contributed by atoms with Crippen LogP contribution in [0.2, 0.25) is 0 Å². The van der Waals surface area contributed by atoms with Gasteiger partial charge in [0, 0.05) is 18.2 Å². The van der Waals surface area contributed by atoms with E-state index in [0.29, 0.717) is 28.2 Å². The molecule has 1 heterocycles. The number of hydrogen-bond acceptors (Lipinski definition) is 5. The summed E-state index contributed by atoms with van der Waals surface area (Å²) in [4.78, 5) is 18.7. The first-order valence-corrected chi connectivity index (χ1v) is 10.5. The lowest BCUT2D eigenvalue weighted by Crippen LogP contribution is -2.23. The van der Waals surface area contributed by atoms with E-state index in [-0.39, 0.29) is 11.4 Å². The first kappa shape index (κ1) is 19.6. The second-order valence-electron chi connectivity index (χ2n) is 6.52. The van der Waals surface area contributed by atoms with Gasteiger partial charge in [-0.25, -0.2) is 22.9 Å². The lowest BCUT2D eigenvalue weighted by Gasteiger charge is -2.07. The number of sulfonamides is 1. The highest BCUT2D eigenvalue weighted by Crippen LogP contribution is 2.25. The lowest BCUT2D eigenvalue weighted by molar-refractivity contribution is 0.211. The van der Waals surface area contributed by atoms with Gasteiger partial charge in [-0.05, 0) is 42.0 Å². The molecule has 8 nitrogen and oxygen atoms in total. The normalized spacial score (nSPS) is 11.5. The summed E-state index contributed by atoms with van der Waals surface area (Å²) in [6, 6.07) is 20.6. The van der Waals surface area contributed by atoms with Crippen molar-refractivity contribution in [3.05, 3.63) is 78.4 Å². The molecule has 4 N–H and O–H groups in total. The van der Waals surface area contributed by atoms with Crippen LogP contribution in [0.15, 0.2) is 77.7 Å². The number of amides is 1. The standard InChI is InChI=1S/C21H18N4O4S/c22-21(26)29-16-8-11-18-19(12-16)25-20(24-18)15-6-9-17(10-7-15)30(27,28)23-13-14-4-2-1-3-5-14/h1-12,23H,13H2,(H2,22,26)(H,24,25). The average molecular weight is 422 g/mol.